The van der Waals surface area contributed by atoms with Gasteiger partial charge in [0, 0.05) is 44.3 Å². The average Bonchev–Trinajstić information content (AvgIpc) is 3.48. The highest BCUT2D eigenvalue weighted by Gasteiger charge is 2.05. The zero-order valence-corrected chi connectivity index (χ0v) is 21.8. The molecule has 7 nitrogen and oxygen atoms in total. The van der Waals surface area contributed by atoms with Crippen LogP contribution in [0.4, 0.5) is 16.8 Å². The van der Waals surface area contributed by atoms with E-state index in [1.807, 2.05) is 32.7 Å². The summed E-state index contributed by atoms with van der Waals surface area (Å²) in [6, 6.07) is 0. The van der Waals surface area contributed by atoms with Gasteiger partial charge in [-0.25, -0.2) is 15.0 Å². The molecule has 0 aliphatic carbocycles. The van der Waals surface area contributed by atoms with Gasteiger partial charge in [-0.1, -0.05) is 41.5 Å². The van der Waals surface area contributed by atoms with Crippen molar-refractivity contribution >= 4 is 51.0 Å². The molecule has 0 aliphatic rings. The third kappa shape index (κ3) is 8.93. The number of aromatic nitrogens is 4. The Morgan fingerprint density at radius 3 is 1.70 bits per heavy atom. The number of hydrogen-bond donors (Lipinski definition) is 3. The molecule has 0 saturated carbocycles. The number of rotatable bonds is 6. The minimum Gasteiger partial charge on any atom is -0.379 e. The van der Waals surface area contributed by atoms with E-state index in [9.17, 15) is 0 Å². The maximum atomic E-state index is 4.34. The number of nitrogens with zero attached hydrogens (tertiary/aromatic N) is 4. The summed E-state index contributed by atoms with van der Waals surface area (Å²) in [6.07, 6.45) is 1.88. The Morgan fingerprint density at radius 2 is 1.40 bits per heavy atom. The van der Waals surface area contributed by atoms with Gasteiger partial charge < -0.3 is 16.0 Å². The number of hydrogen-bond acceptors (Lipinski definition) is 10. The van der Waals surface area contributed by atoms with Crippen LogP contribution in [-0.4, -0.2) is 40.5 Å². The highest BCUT2D eigenvalue weighted by molar-refractivity contribution is 7.15. The third-order valence-corrected chi connectivity index (χ3v) is 7.17. The zero-order valence-electron chi connectivity index (χ0n) is 19.4. The Morgan fingerprint density at radius 1 is 0.767 bits per heavy atom. The van der Waals surface area contributed by atoms with Crippen molar-refractivity contribution in [1.82, 2.24) is 19.3 Å². The largest absolute Gasteiger partial charge is 0.379 e. The third-order valence-electron chi connectivity index (χ3n) is 3.70. The van der Waals surface area contributed by atoms with Gasteiger partial charge in [0.05, 0.1) is 16.2 Å². The molecular weight excluding hydrogens is 434 g/mol. The molecule has 168 valence electrons. The molecular formula is C20H35N7S3. The molecule has 0 amide bonds. The average molecular weight is 470 g/mol. The van der Waals surface area contributed by atoms with Crippen molar-refractivity contribution in [2.45, 2.75) is 59.3 Å². The van der Waals surface area contributed by atoms with Crippen molar-refractivity contribution in [3.63, 3.8) is 0 Å². The van der Waals surface area contributed by atoms with Crippen LogP contribution >= 0.6 is 34.2 Å². The SMILES string of the molecule is CNc1cnc(C(C)C)s1.CNc1csc(C(C)C)n1.CNc1nsc(C(C)C)n1. The Kier molecular flexibility index (Phi) is 11.8. The number of nitrogens with one attached hydrogen (secondary N) is 3. The van der Waals surface area contributed by atoms with E-state index < -0.39 is 0 Å². The van der Waals surface area contributed by atoms with Crippen LogP contribution in [0.1, 0.15) is 74.3 Å². The van der Waals surface area contributed by atoms with Crippen LogP contribution < -0.4 is 16.0 Å². The summed E-state index contributed by atoms with van der Waals surface area (Å²) in [4.78, 5) is 12.8. The lowest BCUT2D eigenvalue weighted by molar-refractivity contribution is 0.852. The van der Waals surface area contributed by atoms with Crippen LogP contribution in [0.5, 0.6) is 0 Å². The Labute approximate surface area is 193 Å². The maximum absolute atomic E-state index is 4.34. The lowest BCUT2D eigenvalue weighted by atomic mass is 10.2. The number of thiazole rings is 2. The van der Waals surface area contributed by atoms with E-state index in [-0.39, 0.29) is 0 Å². The van der Waals surface area contributed by atoms with Gasteiger partial charge in [0.2, 0.25) is 5.95 Å². The van der Waals surface area contributed by atoms with Crippen LogP contribution in [-0.2, 0) is 0 Å². The normalized spacial score (nSPS) is 10.4. The molecule has 3 heterocycles. The summed E-state index contributed by atoms with van der Waals surface area (Å²) < 4.78 is 4.08. The van der Waals surface area contributed by atoms with E-state index in [0.29, 0.717) is 17.8 Å². The Hall–Kier alpha value is -1.78. The van der Waals surface area contributed by atoms with Gasteiger partial charge in [-0.15, -0.1) is 22.7 Å². The fraction of sp³-hybridized carbons (Fsp3) is 0.600. The smallest absolute Gasteiger partial charge is 0.234 e. The summed E-state index contributed by atoms with van der Waals surface area (Å²) in [5.74, 6) is 3.29. The van der Waals surface area contributed by atoms with E-state index in [1.54, 1.807) is 22.7 Å². The van der Waals surface area contributed by atoms with E-state index in [4.69, 9.17) is 0 Å². The second-order valence-corrected chi connectivity index (χ2v) is 10.0. The molecule has 0 bridgehead atoms. The Bertz CT molecular complexity index is 727. The van der Waals surface area contributed by atoms with Gasteiger partial charge in [0.15, 0.2) is 0 Å². The molecule has 0 saturated heterocycles. The van der Waals surface area contributed by atoms with E-state index >= 15 is 0 Å². The fourth-order valence-corrected chi connectivity index (χ4v) is 4.16. The molecule has 30 heavy (non-hydrogen) atoms. The molecule has 0 spiro atoms. The topological polar surface area (TPSA) is 87.7 Å². The van der Waals surface area contributed by atoms with Gasteiger partial charge >= 0.3 is 0 Å². The van der Waals surface area contributed by atoms with Gasteiger partial charge in [0.25, 0.3) is 0 Å². The van der Waals surface area contributed by atoms with Crippen LogP contribution in [0.3, 0.4) is 0 Å². The van der Waals surface area contributed by atoms with Crippen molar-refractivity contribution in [1.29, 1.82) is 0 Å². The predicted octanol–water partition coefficient (Wildman–Crippen LogP) is 6.32. The van der Waals surface area contributed by atoms with E-state index in [0.717, 1.165) is 21.8 Å². The molecule has 0 aliphatic heterocycles. The van der Waals surface area contributed by atoms with Crippen molar-refractivity contribution < 1.29 is 0 Å². The van der Waals surface area contributed by atoms with Crippen molar-refractivity contribution in [3.8, 4) is 0 Å². The zero-order chi connectivity index (χ0) is 22.7. The first-order chi connectivity index (χ1) is 14.2. The molecule has 0 fully saturated rings. The van der Waals surface area contributed by atoms with Crippen LogP contribution in [0, 0.1) is 0 Å². The first kappa shape index (κ1) is 26.3. The summed E-state index contributed by atoms with van der Waals surface area (Å²) in [5.41, 5.74) is 0. The molecule has 10 heteroatoms. The van der Waals surface area contributed by atoms with Gasteiger partial charge in [-0.2, -0.15) is 4.37 Å². The van der Waals surface area contributed by atoms with Gasteiger partial charge in [0.1, 0.15) is 15.8 Å². The van der Waals surface area contributed by atoms with Crippen LogP contribution in [0.15, 0.2) is 11.6 Å². The highest BCUT2D eigenvalue weighted by atomic mass is 32.1. The summed E-state index contributed by atoms with van der Waals surface area (Å²) in [6.45, 7) is 12.8. The molecule has 3 aromatic rings. The maximum Gasteiger partial charge on any atom is 0.234 e. The molecule has 3 rings (SSSR count). The molecule has 0 unspecified atom stereocenters. The van der Waals surface area contributed by atoms with E-state index in [2.05, 4.69) is 76.8 Å². The molecule has 0 radical (unpaired) electrons. The number of anilines is 3. The lowest BCUT2D eigenvalue weighted by Crippen LogP contribution is -1.90. The van der Waals surface area contributed by atoms with E-state index in [1.165, 1.54) is 21.5 Å². The van der Waals surface area contributed by atoms with Gasteiger partial charge in [-0.3, -0.25) is 0 Å². The summed E-state index contributed by atoms with van der Waals surface area (Å²) >= 11 is 4.89. The van der Waals surface area contributed by atoms with Crippen molar-refractivity contribution in [2.75, 3.05) is 37.1 Å². The quantitative estimate of drug-likeness (QED) is 0.389. The first-order valence-electron chi connectivity index (χ1n) is 9.99. The first-order valence-corrected chi connectivity index (χ1v) is 12.5. The minimum absolute atomic E-state index is 0.486. The fourth-order valence-electron chi connectivity index (χ4n) is 1.91. The molecule has 0 aromatic carbocycles. The van der Waals surface area contributed by atoms with Crippen LogP contribution in [0.2, 0.25) is 0 Å². The Balaban J connectivity index is 0.000000225. The minimum atomic E-state index is 0.486. The summed E-state index contributed by atoms with van der Waals surface area (Å²) in [7, 11) is 5.63. The lowest BCUT2D eigenvalue weighted by Gasteiger charge is -1.95. The molecule has 0 atom stereocenters. The molecule has 3 N–H and O–H groups in total. The van der Waals surface area contributed by atoms with Crippen molar-refractivity contribution in [2.24, 2.45) is 0 Å². The van der Waals surface area contributed by atoms with Crippen molar-refractivity contribution in [3.05, 3.63) is 26.6 Å². The standard InChI is InChI=1S/2C7H12N2S.C6H11N3S/c1-5(2)7-9-6(8-3)4-10-7;1-5(2)7-9-4-6(8-3)10-7;1-4(2)5-8-6(7-3)9-10-5/h2*4-5,8H,1-3H3;4H,1-3H3,(H,7,9). The molecule has 3 aromatic heterocycles. The second kappa shape index (κ2) is 13.5. The van der Waals surface area contributed by atoms with Crippen LogP contribution in [0.25, 0.3) is 0 Å². The highest BCUT2D eigenvalue weighted by Crippen LogP contribution is 2.24. The summed E-state index contributed by atoms with van der Waals surface area (Å²) in [5, 5.41) is 15.6. The predicted molar refractivity (Wildman–Crippen MR) is 135 cm³/mol. The monoisotopic (exact) mass is 469 g/mol. The second-order valence-electron chi connectivity index (χ2n) is 7.30. The van der Waals surface area contributed by atoms with Gasteiger partial charge in [-0.05, 0) is 11.5 Å².